The van der Waals surface area contributed by atoms with Crippen molar-refractivity contribution in [1.82, 2.24) is 24.3 Å². The van der Waals surface area contributed by atoms with Gasteiger partial charge in [0.1, 0.15) is 12.7 Å². The molecule has 362 valence electrons. The molecule has 0 bridgehead atoms. The Balaban J connectivity index is 0.981. The molecule has 2 aliphatic heterocycles. The van der Waals surface area contributed by atoms with Crippen LogP contribution in [0, 0.1) is 6.92 Å². The number of unbranched alkanes of at least 4 members (excludes halogenated alkanes) is 14. The minimum atomic E-state index is -0.859. The Hall–Kier alpha value is -5.33. The molecule has 1 N–H and O–H groups in total. The van der Waals surface area contributed by atoms with E-state index in [1.807, 2.05) is 59.5 Å². The van der Waals surface area contributed by atoms with Crippen LogP contribution in [0.4, 0.5) is 0 Å². The fourth-order valence-corrected chi connectivity index (χ4v) is 9.86. The summed E-state index contributed by atoms with van der Waals surface area (Å²) in [5.74, 6) is -0.511. The molecule has 2 fully saturated rings. The Morgan fingerprint density at radius 3 is 1.54 bits per heavy atom. The number of carbonyl (C=O) groups excluding carboxylic acids is 3. The lowest BCUT2D eigenvalue weighted by Gasteiger charge is -2.50. The lowest BCUT2D eigenvalue weighted by Crippen LogP contribution is -2.58. The van der Waals surface area contributed by atoms with Gasteiger partial charge in [0.25, 0.3) is 5.56 Å². The van der Waals surface area contributed by atoms with Crippen LogP contribution in [0.1, 0.15) is 151 Å². The number of nitrogens with one attached hydrogen (secondary N) is 1. The summed E-state index contributed by atoms with van der Waals surface area (Å²) in [5.41, 5.74) is 1.42. The van der Waals surface area contributed by atoms with Gasteiger partial charge >= 0.3 is 11.7 Å². The van der Waals surface area contributed by atoms with Crippen molar-refractivity contribution < 1.29 is 23.9 Å². The van der Waals surface area contributed by atoms with Gasteiger partial charge < -0.3 is 19.3 Å². The van der Waals surface area contributed by atoms with Gasteiger partial charge in [0, 0.05) is 63.9 Å². The number of amides is 2. The zero-order valence-electron chi connectivity index (χ0n) is 40.2. The van der Waals surface area contributed by atoms with Crippen LogP contribution in [0.3, 0.4) is 0 Å². The van der Waals surface area contributed by atoms with Crippen molar-refractivity contribution in [2.75, 3.05) is 45.9 Å². The molecule has 0 aliphatic carbocycles. The molecule has 2 saturated heterocycles. The number of nitrogens with zero attached hydrogens (tertiary/aromatic N) is 4. The Kier molecular flexibility index (Phi) is 20.5. The minimum absolute atomic E-state index is 0.00262. The highest BCUT2D eigenvalue weighted by molar-refractivity contribution is 5.82. The molecule has 3 heterocycles. The summed E-state index contributed by atoms with van der Waals surface area (Å²) in [6, 6.07) is 30.5. The largest absolute Gasteiger partial charge is 0.463 e. The van der Waals surface area contributed by atoms with Crippen LogP contribution < -0.4 is 11.2 Å². The maximum atomic E-state index is 13.4. The molecule has 0 radical (unpaired) electrons. The number of carbonyl (C=O) groups is 3. The highest BCUT2D eigenvalue weighted by Crippen LogP contribution is 2.44. The third-order valence-corrected chi connectivity index (χ3v) is 13.6. The second-order valence-electron chi connectivity index (χ2n) is 18.5. The Morgan fingerprint density at radius 2 is 1.06 bits per heavy atom. The second kappa shape index (κ2) is 26.9. The zero-order valence-corrected chi connectivity index (χ0v) is 40.2. The number of ether oxygens (including phenoxy) is 2. The van der Waals surface area contributed by atoms with Crippen LogP contribution >= 0.6 is 0 Å². The van der Waals surface area contributed by atoms with E-state index < -0.39 is 35.1 Å². The molecule has 12 nitrogen and oxygen atoms in total. The number of aryl methyl sites for hydroxylation is 1. The number of rotatable bonds is 26. The zero-order chi connectivity index (χ0) is 47.3. The molecule has 6 rings (SSSR count). The summed E-state index contributed by atoms with van der Waals surface area (Å²) < 4.78 is 13.8. The number of aromatic nitrogens is 2. The van der Waals surface area contributed by atoms with Crippen molar-refractivity contribution >= 4 is 17.8 Å². The molecule has 2 aliphatic rings. The first-order chi connectivity index (χ1) is 32.7. The predicted molar refractivity (Wildman–Crippen MR) is 264 cm³/mol. The maximum absolute atomic E-state index is 13.4. The SMILES string of the molecule is CCCCCCCCCCCCCCCCCC(=O)N1CCN(C(=O)CCC(=O)OC[C@@H]2CN(C(c3ccccc3)(c3ccccc3)c3ccccc3)C[C@H](n3cc(C)c(=O)[nH]c3=O)O2)CC1. The van der Waals surface area contributed by atoms with E-state index in [-0.39, 0.29) is 37.8 Å². The number of hydrogen-bond donors (Lipinski definition) is 1. The summed E-state index contributed by atoms with van der Waals surface area (Å²) in [5, 5.41) is 0. The van der Waals surface area contributed by atoms with E-state index in [2.05, 4.69) is 53.2 Å². The van der Waals surface area contributed by atoms with Crippen LogP contribution in [0.5, 0.6) is 0 Å². The normalized spacial score (nSPS) is 16.8. The van der Waals surface area contributed by atoms with Crippen LogP contribution in [-0.4, -0.2) is 94.0 Å². The topological polar surface area (TPSA) is 134 Å². The summed E-state index contributed by atoms with van der Waals surface area (Å²) >= 11 is 0. The maximum Gasteiger partial charge on any atom is 0.330 e. The number of benzene rings is 3. The van der Waals surface area contributed by atoms with E-state index in [0.29, 0.717) is 44.7 Å². The number of esters is 1. The van der Waals surface area contributed by atoms with Gasteiger partial charge in [-0.05, 0) is 30.0 Å². The molecule has 0 saturated carbocycles. The molecular formula is C55H75N5O7. The lowest BCUT2D eigenvalue weighted by molar-refractivity contribution is -0.170. The van der Waals surface area contributed by atoms with Gasteiger partial charge in [-0.3, -0.25) is 33.6 Å². The number of piperazine rings is 1. The summed E-state index contributed by atoms with van der Waals surface area (Å²) in [7, 11) is 0. The van der Waals surface area contributed by atoms with Crippen molar-refractivity contribution in [3.63, 3.8) is 0 Å². The van der Waals surface area contributed by atoms with E-state index >= 15 is 0 Å². The molecule has 3 aromatic carbocycles. The van der Waals surface area contributed by atoms with Crippen LogP contribution in [-0.2, 0) is 29.4 Å². The quantitative estimate of drug-likeness (QED) is 0.0375. The van der Waals surface area contributed by atoms with E-state index in [0.717, 1.165) is 29.5 Å². The number of morpholine rings is 1. The fourth-order valence-electron chi connectivity index (χ4n) is 9.86. The fraction of sp³-hybridized carbons (Fsp3) is 0.545. The standard InChI is InChI=1S/C55H75N5O7/c1-3-4-5-6-7-8-9-10-11-12-13-14-15-16-26-33-49(61)57-36-38-58(39-37-57)50(62)34-35-52(63)66-43-48-41-59(42-51(67-48)60-40-44(2)53(64)56-54(60)65)55(45-27-20-17-21-28-45,46-29-22-18-23-30-46)47-31-24-19-25-32-47/h17-25,27-32,40,48,51H,3-16,26,33-39,41-43H2,1-2H3,(H,56,64,65)/t48-,51+/m0/s1. The van der Waals surface area contributed by atoms with Gasteiger partial charge in [0.05, 0.1) is 12.0 Å². The summed E-state index contributed by atoms with van der Waals surface area (Å²) in [6.07, 6.45) is 19.8. The third kappa shape index (κ3) is 14.6. The highest BCUT2D eigenvalue weighted by atomic mass is 16.6. The smallest absolute Gasteiger partial charge is 0.330 e. The van der Waals surface area contributed by atoms with Crippen LogP contribution in [0.15, 0.2) is 107 Å². The van der Waals surface area contributed by atoms with Gasteiger partial charge in [-0.15, -0.1) is 0 Å². The molecule has 0 spiro atoms. The summed E-state index contributed by atoms with van der Waals surface area (Å²) in [6.45, 7) is 6.25. The molecule has 2 amide bonds. The first-order valence-electron chi connectivity index (χ1n) is 25.3. The number of aromatic amines is 1. The van der Waals surface area contributed by atoms with E-state index in [1.165, 1.54) is 94.2 Å². The third-order valence-electron chi connectivity index (χ3n) is 13.6. The van der Waals surface area contributed by atoms with Crippen molar-refractivity contribution in [2.24, 2.45) is 0 Å². The highest BCUT2D eigenvalue weighted by Gasteiger charge is 2.46. The minimum Gasteiger partial charge on any atom is -0.463 e. The van der Waals surface area contributed by atoms with Crippen LogP contribution in [0.2, 0.25) is 0 Å². The first-order valence-corrected chi connectivity index (χ1v) is 25.3. The Morgan fingerprint density at radius 1 is 0.612 bits per heavy atom. The van der Waals surface area contributed by atoms with Gasteiger partial charge in [-0.25, -0.2) is 4.79 Å². The Labute approximate surface area is 398 Å². The molecule has 1 aromatic heterocycles. The van der Waals surface area contributed by atoms with Crippen molar-refractivity contribution in [2.45, 2.75) is 147 Å². The molecule has 4 aromatic rings. The predicted octanol–water partition coefficient (Wildman–Crippen LogP) is 9.29. The molecule has 67 heavy (non-hydrogen) atoms. The van der Waals surface area contributed by atoms with Gasteiger partial charge in [0.2, 0.25) is 11.8 Å². The molecular weight excluding hydrogens is 843 g/mol. The molecule has 0 unspecified atom stereocenters. The van der Waals surface area contributed by atoms with Crippen molar-refractivity contribution in [3.05, 3.63) is 140 Å². The van der Waals surface area contributed by atoms with Crippen molar-refractivity contribution in [1.29, 1.82) is 0 Å². The first kappa shape index (κ1) is 51.1. The van der Waals surface area contributed by atoms with E-state index in [1.54, 1.807) is 11.8 Å². The Bertz CT molecular complexity index is 2130. The second-order valence-corrected chi connectivity index (χ2v) is 18.5. The molecule has 12 heteroatoms. The van der Waals surface area contributed by atoms with Crippen LogP contribution in [0.25, 0.3) is 0 Å². The van der Waals surface area contributed by atoms with Gasteiger partial charge in [-0.1, -0.05) is 188 Å². The van der Waals surface area contributed by atoms with E-state index in [9.17, 15) is 24.0 Å². The monoisotopic (exact) mass is 918 g/mol. The van der Waals surface area contributed by atoms with Gasteiger partial charge in [0.15, 0.2) is 6.23 Å². The van der Waals surface area contributed by atoms with E-state index in [4.69, 9.17) is 9.47 Å². The van der Waals surface area contributed by atoms with Gasteiger partial charge in [-0.2, -0.15) is 0 Å². The average Bonchev–Trinajstić information content (AvgIpc) is 3.36. The van der Waals surface area contributed by atoms with Crippen molar-refractivity contribution in [3.8, 4) is 0 Å². The average molecular weight is 918 g/mol. The lowest BCUT2D eigenvalue weighted by atomic mass is 9.75. The summed E-state index contributed by atoms with van der Waals surface area (Å²) in [4.78, 5) is 73.7. The number of H-pyrrole nitrogens is 1. The number of hydrogen-bond acceptors (Lipinski definition) is 8. The molecule has 2 atom stereocenters.